The number of hydrogen-bond donors (Lipinski definition) is 1. The van der Waals surface area contributed by atoms with Crippen molar-refractivity contribution in [2.75, 3.05) is 5.32 Å². The Morgan fingerprint density at radius 2 is 1.69 bits per heavy atom. The van der Waals surface area contributed by atoms with E-state index in [0.29, 0.717) is 17.0 Å². The third-order valence-corrected chi connectivity index (χ3v) is 5.49. The monoisotopic (exact) mass is 404 g/mol. The minimum atomic E-state index is -3.71. The molecule has 0 saturated heterocycles. The topological polar surface area (TPSA) is 84.8 Å². The summed E-state index contributed by atoms with van der Waals surface area (Å²) in [5.74, 6) is 0.0395. The molecule has 1 heterocycles. The number of amidine groups is 1. The zero-order valence-corrected chi connectivity index (χ0v) is 16.0. The number of nitrogens with zero attached hydrogens (tertiary/aromatic N) is 1. The molecule has 0 spiro atoms. The van der Waals surface area contributed by atoms with Crippen LogP contribution in [-0.2, 0) is 14.8 Å². The van der Waals surface area contributed by atoms with E-state index in [1.165, 1.54) is 12.1 Å². The Morgan fingerprint density at radius 3 is 2.52 bits per heavy atom. The lowest BCUT2D eigenvalue weighted by atomic mass is 10.2. The maximum atomic E-state index is 12.2. The lowest BCUT2D eigenvalue weighted by Crippen LogP contribution is -2.11. The van der Waals surface area contributed by atoms with E-state index in [1.807, 2.05) is 30.3 Å². The molecule has 29 heavy (non-hydrogen) atoms. The van der Waals surface area contributed by atoms with Gasteiger partial charge in [0, 0.05) is 23.4 Å². The molecule has 3 aromatic rings. The van der Waals surface area contributed by atoms with Gasteiger partial charge >= 0.3 is 5.97 Å². The van der Waals surface area contributed by atoms with Crippen LogP contribution in [0.2, 0.25) is 0 Å². The van der Waals surface area contributed by atoms with Crippen molar-refractivity contribution < 1.29 is 17.9 Å². The van der Waals surface area contributed by atoms with Gasteiger partial charge in [-0.2, -0.15) is 8.42 Å². The first kappa shape index (κ1) is 18.6. The van der Waals surface area contributed by atoms with Crippen molar-refractivity contribution in [2.24, 2.45) is 4.40 Å². The molecule has 0 saturated carbocycles. The summed E-state index contributed by atoms with van der Waals surface area (Å²) in [5.41, 5.74) is 1.94. The van der Waals surface area contributed by atoms with E-state index in [9.17, 15) is 13.2 Å². The minimum absolute atomic E-state index is 0.163. The predicted molar refractivity (Wildman–Crippen MR) is 111 cm³/mol. The van der Waals surface area contributed by atoms with Gasteiger partial charge in [-0.1, -0.05) is 48.5 Å². The Kier molecular flexibility index (Phi) is 4.97. The summed E-state index contributed by atoms with van der Waals surface area (Å²) < 4.78 is 33.4. The van der Waals surface area contributed by atoms with Crippen LogP contribution in [0.3, 0.4) is 0 Å². The number of sulfonamides is 1. The van der Waals surface area contributed by atoms with E-state index >= 15 is 0 Å². The molecule has 0 bridgehead atoms. The highest BCUT2D eigenvalue weighted by Gasteiger charge is 2.28. The number of fused-ring (bicyclic) bond motifs is 1. The fourth-order valence-corrected chi connectivity index (χ4v) is 4.02. The maximum absolute atomic E-state index is 12.2. The second-order valence-electron chi connectivity index (χ2n) is 6.23. The standard InChI is InChI=1S/C22H16N2O4S/c25-21(14-13-16-7-2-1-3-8-16)28-18-10-6-9-17(15-18)23-22-19-11-4-5-12-20(19)29(26,27)24-22/h1-15H,(H,23,24). The number of ether oxygens (including phenoxy) is 1. The second-order valence-corrected chi connectivity index (χ2v) is 7.80. The summed E-state index contributed by atoms with van der Waals surface area (Å²) in [6.45, 7) is 0. The second kappa shape index (κ2) is 7.73. The summed E-state index contributed by atoms with van der Waals surface area (Å²) in [7, 11) is -3.71. The highest BCUT2D eigenvalue weighted by atomic mass is 32.2. The first-order valence-electron chi connectivity index (χ1n) is 8.78. The molecule has 0 aliphatic carbocycles. The summed E-state index contributed by atoms with van der Waals surface area (Å²) in [4.78, 5) is 12.2. The highest BCUT2D eigenvalue weighted by molar-refractivity contribution is 7.90. The van der Waals surface area contributed by atoms with Gasteiger partial charge < -0.3 is 10.1 Å². The lowest BCUT2D eigenvalue weighted by Gasteiger charge is -2.08. The normalized spacial score (nSPS) is 14.3. The molecule has 3 aromatic carbocycles. The van der Waals surface area contributed by atoms with Gasteiger partial charge in [0.25, 0.3) is 10.0 Å². The molecule has 1 aliphatic rings. The van der Waals surface area contributed by atoms with Crippen LogP contribution >= 0.6 is 0 Å². The molecule has 7 heteroatoms. The number of anilines is 1. The Labute approximate surface area is 168 Å². The van der Waals surface area contributed by atoms with E-state index in [-0.39, 0.29) is 10.7 Å². The Hall–Kier alpha value is -3.71. The lowest BCUT2D eigenvalue weighted by molar-refractivity contribution is -0.128. The smallest absolute Gasteiger partial charge is 0.336 e. The first-order chi connectivity index (χ1) is 14.0. The molecular formula is C22H16N2O4S. The molecule has 0 fully saturated rings. The molecule has 0 radical (unpaired) electrons. The van der Waals surface area contributed by atoms with Gasteiger partial charge in [0.2, 0.25) is 0 Å². The number of rotatable bonds is 4. The summed E-state index contributed by atoms with van der Waals surface area (Å²) in [5, 5.41) is 2.99. The van der Waals surface area contributed by atoms with Crippen LogP contribution in [0.4, 0.5) is 5.69 Å². The number of benzene rings is 3. The van der Waals surface area contributed by atoms with Gasteiger partial charge in [-0.25, -0.2) is 4.79 Å². The van der Waals surface area contributed by atoms with E-state index in [4.69, 9.17) is 4.74 Å². The van der Waals surface area contributed by atoms with Crippen LogP contribution in [0.15, 0.2) is 94.2 Å². The molecule has 0 aromatic heterocycles. The van der Waals surface area contributed by atoms with Crippen molar-refractivity contribution in [1.29, 1.82) is 0 Å². The van der Waals surface area contributed by atoms with Gasteiger partial charge in [0.1, 0.15) is 10.6 Å². The predicted octanol–water partition coefficient (Wildman–Crippen LogP) is 3.87. The van der Waals surface area contributed by atoms with Gasteiger partial charge in [-0.3, -0.25) is 0 Å². The first-order valence-corrected chi connectivity index (χ1v) is 10.2. The average Bonchev–Trinajstić information content (AvgIpc) is 2.98. The maximum Gasteiger partial charge on any atom is 0.336 e. The number of carbonyl (C=O) groups excluding carboxylic acids is 1. The van der Waals surface area contributed by atoms with Crippen LogP contribution in [0.1, 0.15) is 11.1 Å². The molecule has 4 rings (SSSR count). The molecule has 0 unspecified atom stereocenters. The molecule has 6 nitrogen and oxygen atoms in total. The van der Waals surface area contributed by atoms with Gasteiger partial charge in [-0.15, -0.1) is 4.40 Å². The Balaban J connectivity index is 1.49. The van der Waals surface area contributed by atoms with Crippen molar-refractivity contribution in [2.45, 2.75) is 4.90 Å². The molecular weight excluding hydrogens is 388 g/mol. The fraction of sp³-hybridized carbons (Fsp3) is 0. The van der Waals surface area contributed by atoms with Crippen molar-refractivity contribution in [3.8, 4) is 5.75 Å². The number of esters is 1. The number of nitrogens with one attached hydrogen (secondary N) is 1. The third kappa shape index (κ3) is 4.25. The fourth-order valence-electron chi connectivity index (χ4n) is 2.85. The average molecular weight is 404 g/mol. The number of carbonyl (C=O) groups is 1. The van der Waals surface area contributed by atoms with Gasteiger partial charge in [0.05, 0.1) is 0 Å². The molecule has 144 valence electrons. The molecule has 1 N–H and O–H groups in total. The quantitative estimate of drug-likeness (QED) is 0.405. The highest BCUT2D eigenvalue weighted by Crippen LogP contribution is 2.27. The molecule has 1 aliphatic heterocycles. The van der Waals surface area contributed by atoms with Gasteiger partial charge in [0.15, 0.2) is 5.84 Å². The van der Waals surface area contributed by atoms with E-state index < -0.39 is 16.0 Å². The molecule has 0 amide bonds. The van der Waals surface area contributed by atoms with Crippen LogP contribution in [0.5, 0.6) is 5.75 Å². The zero-order chi connectivity index (χ0) is 20.3. The summed E-state index contributed by atoms with van der Waals surface area (Å²) in [6, 6.07) is 22.7. The SMILES string of the molecule is O=C(C=Cc1ccccc1)Oc1cccc(NC2=NS(=O)(=O)c3ccccc32)c1. The van der Waals surface area contributed by atoms with Crippen LogP contribution in [0.25, 0.3) is 6.08 Å². The van der Waals surface area contributed by atoms with Crippen LogP contribution < -0.4 is 10.1 Å². The summed E-state index contributed by atoms with van der Waals surface area (Å²) >= 11 is 0. The summed E-state index contributed by atoms with van der Waals surface area (Å²) in [6.07, 6.45) is 3.01. The van der Waals surface area contributed by atoms with E-state index in [0.717, 1.165) is 5.56 Å². The minimum Gasteiger partial charge on any atom is -0.423 e. The van der Waals surface area contributed by atoms with Crippen molar-refractivity contribution in [3.05, 3.63) is 96.1 Å². The van der Waals surface area contributed by atoms with Crippen LogP contribution in [0, 0.1) is 0 Å². The molecule has 0 atom stereocenters. The Morgan fingerprint density at radius 1 is 0.931 bits per heavy atom. The number of hydrogen-bond acceptors (Lipinski definition) is 5. The largest absolute Gasteiger partial charge is 0.423 e. The van der Waals surface area contributed by atoms with Crippen LogP contribution in [-0.4, -0.2) is 20.2 Å². The van der Waals surface area contributed by atoms with Crippen molar-refractivity contribution >= 4 is 33.6 Å². The van der Waals surface area contributed by atoms with Gasteiger partial charge in [-0.05, 0) is 35.9 Å². The Bertz CT molecular complexity index is 1230. The third-order valence-electron chi connectivity index (χ3n) is 4.16. The zero-order valence-electron chi connectivity index (χ0n) is 15.1. The van der Waals surface area contributed by atoms with Crippen molar-refractivity contribution in [3.63, 3.8) is 0 Å². The van der Waals surface area contributed by atoms with E-state index in [1.54, 1.807) is 48.5 Å². The van der Waals surface area contributed by atoms with E-state index in [2.05, 4.69) is 9.71 Å². The van der Waals surface area contributed by atoms with Crippen molar-refractivity contribution in [1.82, 2.24) is 0 Å².